The second-order valence-electron chi connectivity index (χ2n) is 7.03. The van der Waals surface area contributed by atoms with Gasteiger partial charge in [0.1, 0.15) is 17.3 Å². The number of ether oxygens (including phenoxy) is 1. The summed E-state index contributed by atoms with van der Waals surface area (Å²) < 4.78 is 10.8. The summed E-state index contributed by atoms with van der Waals surface area (Å²) in [5.41, 5.74) is 0.793. The van der Waals surface area contributed by atoms with Crippen molar-refractivity contribution in [2.24, 2.45) is 0 Å². The summed E-state index contributed by atoms with van der Waals surface area (Å²) in [6.07, 6.45) is 3.99. The van der Waals surface area contributed by atoms with E-state index < -0.39 is 0 Å². The lowest BCUT2D eigenvalue weighted by Crippen LogP contribution is -2.47. The van der Waals surface area contributed by atoms with Crippen LogP contribution < -0.4 is 16.0 Å². The van der Waals surface area contributed by atoms with Gasteiger partial charge in [-0.1, -0.05) is 6.92 Å². The molecule has 2 aromatic rings. The Labute approximate surface area is 182 Å². The molecule has 162 valence electrons. The minimum atomic E-state index is -0.245. The topological polar surface area (TPSA) is 91.7 Å². The molecule has 2 aromatic heterocycles. The SMILES string of the molecule is CCOC(=O)N1CCC(NC(=S)Nc2cccnc2NCc2ccc(CC)o2)CC1. The fraction of sp³-hybridized carbons (Fsp3) is 0.476. The maximum atomic E-state index is 11.8. The Hall–Kier alpha value is -2.81. The number of amides is 1. The molecule has 1 fully saturated rings. The molecule has 1 saturated heterocycles. The van der Waals surface area contributed by atoms with Crippen LogP contribution in [0.2, 0.25) is 0 Å². The summed E-state index contributed by atoms with van der Waals surface area (Å²) >= 11 is 5.49. The van der Waals surface area contributed by atoms with Crippen LogP contribution in [0.15, 0.2) is 34.9 Å². The average Bonchev–Trinajstić information content (AvgIpc) is 3.22. The molecule has 1 amide bonds. The van der Waals surface area contributed by atoms with Gasteiger partial charge in [-0.15, -0.1) is 0 Å². The van der Waals surface area contributed by atoms with Gasteiger partial charge in [0.05, 0.1) is 18.8 Å². The fourth-order valence-corrected chi connectivity index (χ4v) is 3.57. The second-order valence-corrected chi connectivity index (χ2v) is 7.44. The Bertz CT molecular complexity index is 849. The third-order valence-electron chi connectivity index (χ3n) is 4.91. The molecule has 0 bridgehead atoms. The summed E-state index contributed by atoms with van der Waals surface area (Å²) in [4.78, 5) is 18.0. The van der Waals surface area contributed by atoms with Crippen molar-refractivity contribution in [3.05, 3.63) is 42.0 Å². The number of piperidine rings is 1. The first-order chi connectivity index (χ1) is 14.6. The van der Waals surface area contributed by atoms with E-state index in [2.05, 4.69) is 27.9 Å². The Kier molecular flexibility index (Phi) is 7.89. The van der Waals surface area contributed by atoms with E-state index in [1.807, 2.05) is 31.2 Å². The van der Waals surface area contributed by atoms with E-state index in [0.717, 1.165) is 36.5 Å². The van der Waals surface area contributed by atoms with E-state index in [-0.39, 0.29) is 12.1 Å². The number of likely N-dealkylation sites (tertiary alicyclic amines) is 1. The number of carbonyl (C=O) groups excluding carboxylic acids is 1. The van der Waals surface area contributed by atoms with Gasteiger partial charge in [-0.25, -0.2) is 9.78 Å². The number of rotatable bonds is 7. The maximum absolute atomic E-state index is 11.8. The summed E-state index contributed by atoms with van der Waals surface area (Å²) in [7, 11) is 0. The standard InChI is InChI=1S/C21H29N5O3S/c1-3-16-7-8-17(29-16)14-23-19-18(6-5-11-22-19)25-20(30)24-15-9-12-26(13-10-15)21(27)28-4-2/h5-8,11,15H,3-4,9-10,12-14H2,1-2H3,(H,22,23)(H2,24,25,30). The number of nitrogens with zero attached hydrogens (tertiary/aromatic N) is 2. The van der Waals surface area contributed by atoms with Gasteiger partial charge in [-0.05, 0) is 56.2 Å². The van der Waals surface area contributed by atoms with Crippen molar-refractivity contribution >= 4 is 34.9 Å². The van der Waals surface area contributed by atoms with E-state index in [0.29, 0.717) is 37.2 Å². The van der Waals surface area contributed by atoms with Gasteiger partial charge in [0.15, 0.2) is 5.11 Å². The highest BCUT2D eigenvalue weighted by Gasteiger charge is 2.24. The van der Waals surface area contributed by atoms with E-state index in [4.69, 9.17) is 21.4 Å². The lowest BCUT2D eigenvalue weighted by Gasteiger charge is -2.32. The molecule has 9 heteroatoms. The quantitative estimate of drug-likeness (QED) is 0.571. The van der Waals surface area contributed by atoms with E-state index in [1.165, 1.54) is 0 Å². The van der Waals surface area contributed by atoms with Crippen LogP contribution in [-0.4, -0.2) is 46.8 Å². The van der Waals surface area contributed by atoms with Gasteiger partial charge in [-0.3, -0.25) is 0 Å². The number of carbonyl (C=O) groups is 1. The zero-order valence-corrected chi connectivity index (χ0v) is 18.3. The number of nitrogens with one attached hydrogen (secondary N) is 3. The molecule has 1 aliphatic rings. The van der Waals surface area contributed by atoms with Gasteiger partial charge in [-0.2, -0.15) is 0 Å². The molecule has 0 atom stereocenters. The molecule has 0 unspecified atom stereocenters. The minimum Gasteiger partial charge on any atom is -0.464 e. The van der Waals surface area contributed by atoms with Crippen molar-refractivity contribution in [1.82, 2.24) is 15.2 Å². The molecule has 3 heterocycles. The Morgan fingerprint density at radius 2 is 2.03 bits per heavy atom. The molecule has 3 N–H and O–H groups in total. The highest BCUT2D eigenvalue weighted by molar-refractivity contribution is 7.80. The van der Waals surface area contributed by atoms with E-state index in [1.54, 1.807) is 11.1 Å². The number of pyridine rings is 1. The Morgan fingerprint density at radius 3 is 2.73 bits per heavy atom. The summed E-state index contributed by atoms with van der Waals surface area (Å²) in [6.45, 7) is 6.12. The van der Waals surface area contributed by atoms with E-state index >= 15 is 0 Å². The predicted octanol–water partition coefficient (Wildman–Crippen LogP) is 3.76. The number of hydrogen-bond acceptors (Lipinski definition) is 6. The fourth-order valence-electron chi connectivity index (χ4n) is 3.29. The minimum absolute atomic E-state index is 0.208. The molecule has 1 aliphatic heterocycles. The van der Waals surface area contributed by atoms with Crippen LogP contribution >= 0.6 is 12.2 Å². The van der Waals surface area contributed by atoms with Crippen LogP contribution in [-0.2, 0) is 17.7 Å². The molecule has 0 radical (unpaired) electrons. The first kappa shape index (κ1) is 21.9. The third kappa shape index (κ3) is 6.09. The van der Waals surface area contributed by atoms with Crippen LogP contribution in [0.5, 0.6) is 0 Å². The molecule has 0 saturated carbocycles. The highest BCUT2D eigenvalue weighted by atomic mass is 32.1. The van der Waals surface area contributed by atoms with Crippen LogP contribution in [0.3, 0.4) is 0 Å². The normalized spacial score (nSPS) is 14.3. The van der Waals surface area contributed by atoms with Crippen molar-refractivity contribution < 1.29 is 13.9 Å². The van der Waals surface area contributed by atoms with E-state index in [9.17, 15) is 4.79 Å². The number of furan rings is 1. The largest absolute Gasteiger partial charge is 0.464 e. The van der Waals surface area contributed by atoms with Crippen molar-refractivity contribution in [3.8, 4) is 0 Å². The van der Waals surface area contributed by atoms with Crippen LogP contribution in [0, 0.1) is 0 Å². The van der Waals surface area contributed by atoms with Crippen molar-refractivity contribution in [2.75, 3.05) is 30.3 Å². The van der Waals surface area contributed by atoms with Crippen molar-refractivity contribution in [3.63, 3.8) is 0 Å². The number of aryl methyl sites for hydroxylation is 1. The Morgan fingerprint density at radius 1 is 1.27 bits per heavy atom. The van der Waals surface area contributed by atoms with Crippen molar-refractivity contribution in [2.45, 2.75) is 45.7 Å². The zero-order chi connectivity index (χ0) is 21.3. The molecule has 0 spiro atoms. The summed E-state index contributed by atoms with van der Waals surface area (Å²) in [5, 5.41) is 10.4. The van der Waals surface area contributed by atoms with Gasteiger partial charge < -0.3 is 30.0 Å². The molecule has 0 aromatic carbocycles. The zero-order valence-electron chi connectivity index (χ0n) is 17.4. The van der Waals surface area contributed by atoms with Crippen molar-refractivity contribution in [1.29, 1.82) is 0 Å². The van der Waals surface area contributed by atoms with Gasteiger partial charge >= 0.3 is 6.09 Å². The van der Waals surface area contributed by atoms with Crippen LogP contribution in [0.1, 0.15) is 38.2 Å². The summed E-state index contributed by atoms with van der Waals surface area (Å²) in [5.74, 6) is 2.52. The molecule has 3 rings (SSSR count). The second kappa shape index (κ2) is 10.8. The number of hydrogen-bond donors (Lipinski definition) is 3. The smallest absolute Gasteiger partial charge is 0.409 e. The van der Waals surface area contributed by atoms with Gasteiger partial charge in [0.25, 0.3) is 0 Å². The highest BCUT2D eigenvalue weighted by Crippen LogP contribution is 2.20. The number of anilines is 2. The molecule has 30 heavy (non-hydrogen) atoms. The van der Waals surface area contributed by atoms with Gasteiger partial charge in [0, 0.05) is 31.7 Å². The summed E-state index contributed by atoms with van der Waals surface area (Å²) in [6, 6.07) is 7.94. The molecular weight excluding hydrogens is 402 g/mol. The number of thiocarbonyl (C=S) groups is 1. The van der Waals surface area contributed by atoms with Crippen LogP contribution in [0.25, 0.3) is 0 Å². The van der Waals surface area contributed by atoms with Crippen LogP contribution in [0.4, 0.5) is 16.3 Å². The average molecular weight is 432 g/mol. The molecular formula is C21H29N5O3S. The predicted molar refractivity (Wildman–Crippen MR) is 121 cm³/mol. The first-order valence-electron chi connectivity index (χ1n) is 10.3. The third-order valence-corrected chi connectivity index (χ3v) is 5.13. The maximum Gasteiger partial charge on any atom is 0.409 e. The number of aromatic nitrogens is 1. The first-order valence-corrected chi connectivity index (χ1v) is 10.8. The molecule has 8 nitrogen and oxygen atoms in total. The van der Waals surface area contributed by atoms with Gasteiger partial charge in [0.2, 0.25) is 0 Å². The lowest BCUT2D eigenvalue weighted by atomic mass is 10.1. The lowest BCUT2D eigenvalue weighted by molar-refractivity contribution is 0.0964. The molecule has 0 aliphatic carbocycles. The Balaban J connectivity index is 1.49. The monoisotopic (exact) mass is 431 g/mol.